The summed E-state index contributed by atoms with van der Waals surface area (Å²) in [6.45, 7) is 10.5. The van der Waals surface area contributed by atoms with Crippen LogP contribution in [0, 0.1) is 24.1 Å². The summed E-state index contributed by atoms with van der Waals surface area (Å²) in [4.78, 5) is 4.55. The van der Waals surface area contributed by atoms with Gasteiger partial charge in [0.05, 0.1) is 6.61 Å². The topological polar surface area (TPSA) is 33.1 Å². The second-order valence-corrected chi connectivity index (χ2v) is 7.76. The molecular weight excluding hydrogens is 301 g/mol. The van der Waals surface area contributed by atoms with E-state index in [-0.39, 0.29) is 23.8 Å². The zero-order valence-corrected chi connectivity index (χ0v) is 15.3. The lowest BCUT2D eigenvalue weighted by atomic mass is 9.73. The maximum atomic E-state index is 14.1. The van der Waals surface area contributed by atoms with E-state index in [1.165, 1.54) is 0 Å². The normalized spacial score (nSPS) is 14.5. The van der Waals surface area contributed by atoms with Gasteiger partial charge in [-0.3, -0.25) is 4.98 Å². The largest absolute Gasteiger partial charge is 0.396 e. The molecule has 1 aromatic carbocycles. The zero-order chi connectivity index (χ0) is 17.9. The first-order valence-corrected chi connectivity index (χ1v) is 8.53. The minimum Gasteiger partial charge on any atom is -0.396 e. The van der Waals surface area contributed by atoms with Crippen LogP contribution in [0.2, 0.25) is 0 Å². The fourth-order valence-corrected chi connectivity index (χ4v) is 2.94. The molecule has 2 unspecified atom stereocenters. The number of hydrogen-bond donors (Lipinski definition) is 1. The molecular formula is C21H28FNO. The fraction of sp³-hybridized carbons (Fsp3) is 0.476. The molecule has 2 rings (SSSR count). The van der Waals surface area contributed by atoms with E-state index < -0.39 is 0 Å². The Balaban J connectivity index is 2.19. The van der Waals surface area contributed by atoms with Gasteiger partial charge in [0, 0.05) is 24.2 Å². The number of rotatable bonds is 5. The van der Waals surface area contributed by atoms with Crippen molar-refractivity contribution < 1.29 is 9.50 Å². The van der Waals surface area contributed by atoms with Crippen molar-refractivity contribution in [3.05, 3.63) is 64.7 Å². The monoisotopic (exact) mass is 329 g/mol. The number of aromatic nitrogens is 1. The molecule has 24 heavy (non-hydrogen) atoms. The Bertz CT molecular complexity index is 673. The van der Waals surface area contributed by atoms with Crippen molar-refractivity contribution in [2.45, 2.75) is 47.0 Å². The Morgan fingerprint density at radius 2 is 1.88 bits per heavy atom. The molecule has 0 aliphatic carbocycles. The fourth-order valence-electron chi connectivity index (χ4n) is 2.94. The third-order valence-electron chi connectivity index (χ3n) is 5.06. The summed E-state index contributed by atoms with van der Waals surface area (Å²) >= 11 is 0. The molecule has 0 bridgehead atoms. The van der Waals surface area contributed by atoms with Crippen LogP contribution in [0.3, 0.4) is 0 Å². The highest BCUT2D eigenvalue weighted by atomic mass is 19.1. The maximum absolute atomic E-state index is 14.1. The number of hydrogen-bond acceptors (Lipinski definition) is 2. The van der Waals surface area contributed by atoms with E-state index in [1.807, 2.05) is 24.3 Å². The molecule has 1 N–H and O–H groups in total. The van der Waals surface area contributed by atoms with Crippen LogP contribution in [0.4, 0.5) is 4.39 Å². The predicted octanol–water partition coefficient (Wildman–Crippen LogP) is 4.88. The van der Waals surface area contributed by atoms with E-state index in [0.29, 0.717) is 23.5 Å². The number of benzene rings is 1. The minimum absolute atomic E-state index is 0.00903. The van der Waals surface area contributed by atoms with Crippen LogP contribution in [0.1, 0.15) is 56.0 Å². The molecule has 0 saturated heterocycles. The first kappa shape index (κ1) is 18.6. The molecule has 2 aromatic rings. The van der Waals surface area contributed by atoms with Crippen molar-refractivity contribution in [1.82, 2.24) is 4.98 Å². The molecule has 0 saturated carbocycles. The lowest BCUT2D eigenvalue weighted by molar-refractivity contribution is 0.154. The molecule has 130 valence electrons. The molecule has 3 heteroatoms. The van der Waals surface area contributed by atoms with E-state index in [0.717, 1.165) is 11.3 Å². The highest BCUT2D eigenvalue weighted by Gasteiger charge is 2.29. The highest BCUT2D eigenvalue weighted by Crippen LogP contribution is 2.36. The first-order chi connectivity index (χ1) is 11.2. The SMILES string of the molecule is Cc1cccc(Cc2ccc(C(CO)C(C)C(C)(C)C)nc2)c1F. The third-order valence-corrected chi connectivity index (χ3v) is 5.06. The number of nitrogens with zero attached hydrogens (tertiary/aromatic N) is 1. The van der Waals surface area contributed by atoms with Gasteiger partial charge < -0.3 is 5.11 Å². The summed E-state index contributed by atoms with van der Waals surface area (Å²) in [5, 5.41) is 9.80. The van der Waals surface area contributed by atoms with Crippen molar-refractivity contribution >= 4 is 0 Å². The van der Waals surface area contributed by atoms with E-state index in [1.54, 1.807) is 19.2 Å². The van der Waals surface area contributed by atoms with Crippen molar-refractivity contribution in [2.75, 3.05) is 6.61 Å². The number of pyridine rings is 1. The predicted molar refractivity (Wildman–Crippen MR) is 96.6 cm³/mol. The summed E-state index contributed by atoms with van der Waals surface area (Å²) in [7, 11) is 0. The molecule has 2 nitrogen and oxygen atoms in total. The van der Waals surface area contributed by atoms with Gasteiger partial charge in [0.1, 0.15) is 5.82 Å². The van der Waals surface area contributed by atoms with Gasteiger partial charge in [-0.25, -0.2) is 4.39 Å². The molecule has 2 atom stereocenters. The van der Waals surface area contributed by atoms with Crippen molar-refractivity contribution in [1.29, 1.82) is 0 Å². The average molecular weight is 329 g/mol. The molecule has 0 aliphatic rings. The number of aliphatic hydroxyl groups is 1. The smallest absolute Gasteiger partial charge is 0.129 e. The van der Waals surface area contributed by atoms with Crippen LogP contribution in [0.25, 0.3) is 0 Å². The minimum atomic E-state index is -0.142. The molecule has 0 amide bonds. The number of aliphatic hydroxyl groups excluding tert-OH is 1. The lowest BCUT2D eigenvalue weighted by Gasteiger charge is -2.33. The second kappa shape index (κ2) is 7.43. The quantitative estimate of drug-likeness (QED) is 0.848. The molecule has 0 radical (unpaired) electrons. The molecule has 0 fully saturated rings. The summed E-state index contributed by atoms with van der Waals surface area (Å²) in [6, 6.07) is 9.42. The van der Waals surface area contributed by atoms with Crippen LogP contribution < -0.4 is 0 Å². The Kier molecular flexibility index (Phi) is 5.76. The van der Waals surface area contributed by atoms with Gasteiger partial charge in [0.25, 0.3) is 0 Å². The van der Waals surface area contributed by atoms with Crippen LogP contribution in [0.15, 0.2) is 36.5 Å². The Morgan fingerprint density at radius 1 is 1.17 bits per heavy atom. The maximum Gasteiger partial charge on any atom is 0.129 e. The second-order valence-electron chi connectivity index (χ2n) is 7.76. The standard InChI is InChI=1S/C21H28FNO/c1-14-7-6-8-17(20(14)22)11-16-9-10-19(23-12-16)18(13-24)15(2)21(3,4)5/h6-10,12,15,18,24H,11,13H2,1-5H3. The van der Waals surface area contributed by atoms with E-state index in [9.17, 15) is 9.50 Å². The Hall–Kier alpha value is -1.74. The van der Waals surface area contributed by atoms with E-state index >= 15 is 0 Å². The molecule has 1 heterocycles. The van der Waals surface area contributed by atoms with Gasteiger partial charge in [-0.2, -0.15) is 0 Å². The van der Waals surface area contributed by atoms with Gasteiger partial charge in [0.2, 0.25) is 0 Å². The summed E-state index contributed by atoms with van der Waals surface area (Å²) < 4.78 is 14.1. The van der Waals surface area contributed by atoms with E-state index in [2.05, 4.69) is 32.7 Å². The number of aryl methyl sites for hydroxylation is 1. The van der Waals surface area contributed by atoms with Gasteiger partial charge >= 0.3 is 0 Å². The number of halogens is 1. The Morgan fingerprint density at radius 3 is 2.42 bits per heavy atom. The highest BCUT2D eigenvalue weighted by molar-refractivity contribution is 5.30. The van der Waals surface area contributed by atoms with Gasteiger partial charge in [0.15, 0.2) is 0 Å². The zero-order valence-electron chi connectivity index (χ0n) is 15.3. The first-order valence-electron chi connectivity index (χ1n) is 8.53. The summed E-state index contributed by atoms with van der Waals surface area (Å²) in [5.74, 6) is 0.168. The molecule has 0 spiro atoms. The Labute approximate surface area is 144 Å². The third kappa shape index (κ3) is 4.21. The van der Waals surface area contributed by atoms with Crippen molar-refractivity contribution in [3.63, 3.8) is 0 Å². The van der Waals surface area contributed by atoms with Crippen LogP contribution in [-0.4, -0.2) is 16.7 Å². The molecule has 1 aromatic heterocycles. The van der Waals surface area contributed by atoms with Crippen LogP contribution in [0.5, 0.6) is 0 Å². The molecule has 0 aliphatic heterocycles. The average Bonchev–Trinajstić information content (AvgIpc) is 2.53. The van der Waals surface area contributed by atoms with Crippen molar-refractivity contribution in [3.8, 4) is 0 Å². The van der Waals surface area contributed by atoms with Gasteiger partial charge in [-0.1, -0.05) is 52.0 Å². The summed E-state index contributed by atoms with van der Waals surface area (Å²) in [6.07, 6.45) is 2.33. The van der Waals surface area contributed by atoms with E-state index in [4.69, 9.17) is 0 Å². The van der Waals surface area contributed by atoms with Gasteiger partial charge in [-0.15, -0.1) is 0 Å². The van der Waals surface area contributed by atoms with Gasteiger partial charge in [-0.05, 0) is 41.0 Å². The summed E-state index contributed by atoms with van der Waals surface area (Å²) in [5.41, 5.74) is 3.32. The van der Waals surface area contributed by atoms with Crippen LogP contribution in [-0.2, 0) is 6.42 Å². The lowest BCUT2D eigenvalue weighted by Crippen LogP contribution is -2.27. The van der Waals surface area contributed by atoms with Crippen molar-refractivity contribution in [2.24, 2.45) is 11.3 Å². The van der Waals surface area contributed by atoms with Crippen LogP contribution >= 0.6 is 0 Å².